The Balaban J connectivity index is 2.29. The first-order valence-electron chi connectivity index (χ1n) is 7.08. The Hall–Kier alpha value is -0.530. The summed E-state index contributed by atoms with van der Waals surface area (Å²) >= 11 is 0. The molecular formula is C14H27NO. The van der Waals surface area contributed by atoms with Gasteiger partial charge in [0.1, 0.15) is 0 Å². The van der Waals surface area contributed by atoms with E-state index in [0.29, 0.717) is 11.9 Å². The molecule has 1 aliphatic rings. The van der Waals surface area contributed by atoms with E-state index in [9.17, 15) is 4.79 Å². The van der Waals surface area contributed by atoms with E-state index in [1.165, 1.54) is 44.9 Å². The van der Waals surface area contributed by atoms with E-state index in [1.807, 2.05) is 0 Å². The van der Waals surface area contributed by atoms with Crippen molar-refractivity contribution >= 4 is 5.91 Å². The predicted octanol–water partition coefficient (Wildman–Crippen LogP) is 3.65. The predicted molar refractivity (Wildman–Crippen MR) is 68.3 cm³/mol. The van der Waals surface area contributed by atoms with Crippen LogP contribution in [-0.2, 0) is 4.79 Å². The van der Waals surface area contributed by atoms with Crippen LogP contribution in [-0.4, -0.2) is 11.9 Å². The Morgan fingerprint density at radius 1 is 1.25 bits per heavy atom. The molecule has 2 nitrogen and oxygen atoms in total. The third-order valence-corrected chi connectivity index (χ3v) is 3.72. The van der Waals surface area contributed by atoms with E-state index in [0.717, 1.165) is 12.8 Å². The van der Waals surface area contributed by atoms with Gasteiger partial charge in [-0.2, -0.15) is 0 Å². The monoisotopic (exact) mass is 225 g/mol. The van der Waals surface area contributed by atoms with Crippen LogP contribution < -0.4 is 5.32 Å². The van der Waals surface area contributed by atoms with E-state index in [-0.39, 0.29) is 5.92 Å². The van der Waals surface area contributed by atoms with Crippen molar-refractivity contribution in [3.63, 3.8) is 0 Å². The summed E-state index contributed by atoms with van der Waals surface area (Å²) < 4.78 is 0. The number of unbranched alkanes of at least 4 members (excludes halogenated alkanes) is 1. The van der Waals surface area contributed by atoms with Crippen molar-refractivity contribution in [3.05, 3.63) is 0 Å². The molecule has 0 radical (unpaired) electrons. The smallest absolute Gasteiger partial charge is 0.223 e. The van der Waals surface area contributed by atoms with Crippen LogP contribution in [0.25, 0.3) is 0 Å². The maximum absolute atomic E-state index is 12.0. The van der Waals surface area contributed by atoms with Gasteiger partial charge in [-0.3, -0.25) is 4.79 Å². The Labute approximate surface area is 100 Å². The lowest BCUT2D eigenvalue weighted by Crippen LogP contribution is -2.39. The van der Waals surface area contributed by atoms with E-state index in [4.69, 9.17) is 0 Å². The molecule has 0 saturated heterocycles. The van der Waals surface area contributed by atoms with Crippen LogP contribution in [0.4, 0.5) is 0 Å². The summed E-state index contributed by atoms with van der Waals surface area (Å²) in [5.41, 5.74) is 0. The first-order chi connectivity index (χ1) is 7.77. The summed E-state index contributed by atoms with van der Waals surface area (Å²) in [5, 5.41) is 3.24. The number of hydrogen-bond donors (Lipinski definition) is 1. The van der Waals surface area contributed by atoms with Crippen LogP contribution in [0, 0.1) is 5.92 Å². The van der Waals surface area contributed by atoms with Crippen molar-refractivity contribution in [1.29, 1.82) is 0 Å². The van der Waals surface area contributed by atoms with Gasteiger partial charge in [0.15, 0.2) is 0 Å². The third-order valence-electron chi connectivity index (χ3n) is 3.72. The summed E-state index contributed by atoms with van der Waals surface area (Å²) in [7, 11) is 0. The lowest BCUT2D eigenvalue weighted by Gasteiger charge is -2.25. The maximum atomic E-state index is 12.0. The molecule has 0 aromatic heterocycles. The van der Waals surface area contributed by atoms with Crippen molar-refractivity contribution in [2.24, 2.45) is 5.92 Å². The van der Waals surface area contributed by atoms with Gasteiger partial charge in [-0.15, -0.1) is 0 Å². The van der Waals surface area contributed by atoms with Gasteiger partial charge in [0.25, 0.3) is 0 Å². The summed E-state index contributed by atoms with van der Waals surface area (Å²) in [5.74, 6) is 0.560. The zero-order valence-electron chi connectivity index (χ0n) is 10.9. The number of carbonyl (C=O) groups is 1. The average molecular weight is 225 g/mol. The minimum absolute atomic E-state index is 0.252. The minimum Gasteiger partial charge on any atom is -0.353 e. The standard InChI is InChI=1S/C14H27NO/c1-3-5-9-12(4-2)14(16)15-13-10-7-6-8-11-13/h12-13H,3-11H2,1-2H3,(H,15,16)/t12-/m0/s1. The SMILES string of the molecule is CCCC[C@H](CC)C(=O)NC1CCCCC1. The second-order valence-corrected chi connectivity index (χ2v) is 5.09. The van der Waals surface area contributed by atoms with Gasteiger partial charge in [-0.05, 0) is 25.7 Å². The molecule has 16 heavy (non-hydrogen) atoms. The average Bonchev–Trinajstić information content (AvgIpc) is 2.31. The topological polar surface area (TPSA) is 29.1 Å². The number of carbonyl (C=O) groups excluding carboxylic acids is 1. The number of hydrogen-bond acceptors (Lipinski definition) is 1. The molecule has 0 aromatic carbocycles. The Bertz CT molecular complexity index is 197. The minimum atomic E-state index is 0.252. The fourth-order valence-corrected chi connectivity index (χ4v) is 2.54. The van der Waals surface area contributed by atoms with Gasteiger partial charge in [0, 0.05) is 12.0 Å². The molecular weight excluding hydrogens is 198 g/mol. The lowest BCUT2D eigenvalue weighted by molar-refractivity contribution is -0.126. The van der Waals surface area contributed by atoms with Gasteiger partial charge in [-0.1, -0.05) is 46.0 Å². The van der Waals surface area contributed by atoms with Crippen molar-refractivity contribution in [2.45, 2.75) is 77.7 Å². The van der Waals surface area contributed by atoms with E-state index < -0.39 is 0 Å². The molecule has 0 aromatic rings. The fraction of sp³-hybridized carbons (Fsp3) is 0.929. The summed E-state index contributed by atoms with van der Waals surface area (Å²) in [4.78, 5) is 12.0. The lowest BCUT2D eigenvalue weighted by atomic mass is 9.93. The molecule has 1 amide bonds. The number of rotatable bonds is 6. The summed E-state index contributed by atoms with van der Waals surface area (Å²) in [6.07, 6.45) is 10.7. The van der Waals surface area contributed by atoms with Gasteiger partial charge in [0.05, 0.1) is 0 Å². The van der Waals surface area contributed by atoms with Gasteiger partial charge in [0.2, 0.25) is 5.91 Å². The van der Waals surface area contributed by atoms with Gasteiger partial charge in [-0.25, -0.2) is 0 Å². The quantitative estimate of drug-likeness (QED) is 0.734. The van der Waals surface area contributed by atoms with Crippen molar-refractivity contribution in [3.8, 4) is 0 Å². The Morgan fingerprint density at radius 3 is 2.50 bits per heavy atom. The van der Waals surface area contributed by atoms with Crippen molar-refractivity contribution < 1.29 is 4.79 Å². The molecule has 1 atom stereocenters. The van der Waals surface area contributed by atoms with Crippen LogP contribution in [0.2, 0.25) is 0 Å². The maximum Gasteiger partial charge on any atom is 0.223 e. The van der Waals surface area contributed by atoms with Crippen LogP contribution in [0.3, 0.4) is 0 Å². The molecule has 0 spiro atoms. The molecule has 0 aliphatic heterocycles. The molecule has 2 heteroatoms. The molecule has 94 valence electrons. The second-order valence-electron chi connectivity index (χ2n) is 5.09. The molecule has 0 bridgehead atoms. The third kappa shape index (κ3) is 4.54. The van der Waals surface area contributed by atoms with Crippen LogP contribution >= 0.6 is 0 Å². The molecule has 1 fully saturated rings. The molecule has 1 aliphatic carbocycles. The van der Waals surface area contributed by atoms with Crippen molar-refractivity contribution in [2.75, 3.05) is 0 Å². The summed E-state index contributed by atoms with van der Waals surface area (Å²) in [6.45, 7) is 4.31. The Kier molecular flexibility index (Phi) is 6.51. The first-order valence-corrected chi connectivity index (χ1v) is 7.08. The van der Waals surface area contributed by atoms with Gasteiger partial charge >= 0.3 is 0 Å². The highest BCUT2D eigenvalue weighted by Crippen LogP contribution is 2.19. The number of amides is 1. The fourth-order valence-electron chi connectivity index (χ4n) is 2.54. The first kappa shape index (κ1) is 13.5. The van der Waals surface area contributed by atoms with E-state index in [1.54, 1.807) is 0 Å². The van der Waals surface area contributed by atoms with Crippen LogP contribution in [0.15, 0.2) is 0 Å². The zero-order valence-corrected chi connectivity index (χ0v) is 10.9. The molecule has 0 heterocycles. The Morgan fingerprint density at radius 2 is 1.94 bits per heavy atom. The second kappa shape index (κ2) is 7.70. The largest absolute Gasteiger partial charge is 0.353 e. The van der Waals surface area contributed by atoms with Crippen LogP contribution in [0.5, 0.6) is 0 Å². The molecule has 1 N–H and O–H groups in total. The van der Waals surface area contributed by atoms with Crippen molar-refractivity contribution in [1.82, 2.24) is 5.32 Å². The highest BCUT2D eigenvalue weighted by molar-refractivity contribution is 5.78. The zero-order chi connectivity index (χ0) is 11.8. The van der Waals surface area contributed by atoms with Crippen LogP contribution in [0.1, 0.15) is 71.6 Å². The van der Waals surface area contributed by atoms with Gasteiger partial charge < -0.3 is 5.32 Å². The van der Waals surface area contributed by atoms with E-state index >= 15 is 0 Å². The number of nitrogens with one attached hydrogen (secondary N) is 1. The highest BCUT2D eigenvalue weighted by atomic mass is 16.1. The highest BCUT2D eigenvalue weighted by Gasteiger charge is 2.20. The summed E-state index contributed by atoms with van der Waals surface area (Å²) in [6, 6.07) is 0.469. The molecule has 1 saturated carbocycles. The van der Waals surface area contributed by atoms with E-state index in [2.05, 4.69) is 19.2 Å². The molecule has 1 rings (SSSR count). The normalized spacial score (nSPS) is 19.4. The molecule has 0 unspecified atom stereocenters.